The van der Waals surface area contributed by atoms with Gasteiger partial charge in [-0.15, -0.1) is 0 Å². The first-order valence-corrected chi connectivity index (χ1v) is 10.8. The van der Waals surface area contributed by atoms with Crippen molar-refractivity contribution in [3.63, 3.8) is 0 Å². The summed E-state index contributed by atoms with van der Waals surface area (Å²) in [6, 6.07) is 22.8. The van der Waals surface area contributed by atoms with E-state index in [0.717, 1.165) is 30.0 Å². The standard InChI is InChI=1S/C25H23N5O3/c31-23(30-16-14-29(15-17-30)22-8-4-5-13-26-22)18-32-21-11-9-20(10-12-21)25-27-24(28-33-25)19-6-2-1-3-7-19/h1-13H,14-18H2. The molecule has 0 bridgehead atoms. The molecule has 0 aliphatic carbocycles. The third kappa shape index (κ3) is 4.85. The molecule has 8 nitrogen and oxygen atoms in total. The average molecular weight is 441 g/mol. The van der Waals surface area contributed by atoms with E-state index in [9.17, 15) is 4.79 Å². The molecular weight excluding hydrogens is 418 g/mol. The largest absolute Gasteiger partial charge is 0.484 e. The fourth-order valence-corrected chi connectivity index (χ4v) is 3.70. The Bertz CT molecular complexity index is 1190. The Balaban J connectivity index is 1.13. The van der Waals surface area contributed by atoms with E-state index in [1.807, 2.05) is 65.6 Å². The van der Waals surface area contributed by atoms with Crippen LogP contribution in [-0.2, 0) is 4.79 Å². The van der Waals surface area contributed by atoms with Crippen LogP contribution in [0, 0.1) is 0 Å². The number of piperazine rings is 1. The molecule has 0 N–H and O–H groups in total. The minimum absolute atomic E-state index is 0.00163. The van der Waals surface area contributed by atoms with Crippen molar-refractivity contribution in [2.75, 3.05) is 37.7 Å². The molecule has 0 radical (unpaired) electrons. The maximum Gasteiger partial charge on any atom is 0.260 e. The number of ether oxygens (including phenoxy) is 1. The van der Waals surface area contributed by atoms with E-state index in [1.165, 1.54) is 0 Å². The molecule has 2 aromatic carbocycles. The summed E-state index contributed by atoms with van der Waals surface area (Å²) in [4.78, 5) is 25.4. The number of benzene rings is 2. The van der Waals surface area contributed by atoms with Crippen LogP contribution >= 0.6 is 0 Å². The summed E-state index contributed by atoms with van der Waals surface area (Å²) in [5, 5.41) is 4.05. The van der Waals surface area contributed by atoms with Crippen molar-refractivity contribution in [3.8, 4) is 28.6 Å². The molecule has 33 heavy (non-hydrogen) atoms. The predicted molar refractivity (Wildman–Crippen MR) is 124 cm³/mol. The molecule has 1 fully saturated rings. The third-order valence-corrected chi connectivity index (χ3v) is 5.53. The summed E-state index contributed by atoms with van der Waals surface area (Å²) in [6.45, 7) is 2.82. The van der Waals surface area contributed by atoms with Crippen LogP contribution in [0.4, 0.5) is 5.82 Å². The molecule has 4 aromatic rings. The Kier molecular flexibility index (Phi) is 5.97. The molecule has 1 amide bonds. The first-order valence-electron chi connectivity index (χ1n) is 10.8. The van der Waals surface area contributed by atoms with Gasteiger partial charge in [0.2, 0.25) is 5.82 Å². The molecule has 5 rings (SSSR count). The topological polar surface area (TPSA) is 84.6 Å². The normalized spacial score (nSPS) is 13.7. The van der Waals surface area contributed by atoms with Gasteiger partial charge in [0.25, 0.3) is 11.8 Å². The van der Waals surface area contributed by atoms with Crippen molar-refractivity contribution >= 4 is 11.7 Å². The van der Waals surface area contributed by atoms with Crippen molar-refractivity contribution in [2.24, 2.45) is 0 Å². The minimum Gasteiger partial charge on any atom is -0.484 e. The van der Waals surface area contributed by atoms with Gasteiger partial charge in [-0.05, 0) is 36.4 Å². The number of pyridine rings is 1. The van der Waals surface area contributed by atoms with E-state index in [2.05, 4.69) is 20.0 Å². The highest BCUT2D eigenvalue weighted by Gasteiger charge is 2.22. The zero-order valence-electron chi connectivity index (χ0n) is 18.0. The van der Waals surface area contributed by atoms with Gasteiger partial charge in [-0.3, -0.25) is 4.79 Å². The highest BCUT2D eigenvalue weighted by molar-refractivity contribution is 5.78. The number of hydrogen-bond donors (Lipinski definition) is 0. The van der Waals surface area contributed by atoms with Crippen LogP contribution in [0.1, 0.15) is 0 Å². The van der Waals surface area contributed by atoms with Gasteiger partial charge in [0.15, 0.2) is 6.61 Å². The fourth-order valence-electron chi connectivity index (χ4n) is 3.70. The van der Waals surface area contributed by atoms with Crippen LogP contribution in [-0.4, -0.2) is 58.7 Å². The molecule has 1 aliphatic heterocycles. The van der Waals surface area contributed by atoms with Crippen molar-refractivity contribution < 1.29 is 14.1 Å². The second kappa shape index (κ2) is 9.52. The van der Waals surface area contributed by atoms with Crippen molar-refractivity contribution in [3.05, 3.63) is 79.0 Å². The van der Waals surface area contributed by atoms with Crippen molar-refractivity contribution in [1.82, 2.24) is 20.0 Å². The van der Waals surface area contributed by atoms with Gasteiger partial charge in [0, 0.05) is 43.5 Å². The quantitative estimate of drug-likeness (QED) is 0.453. The number of rotatable bonds is 6. The van der Waals surface area contributed by atoms with Crippen LogP contribution in [0.15, 0.2) is 83.5 Å². The summed E-state index contributed by atoms with van der Waals surface area (Å²) in [5.41, 5.74) is 1.68. The summed E-state index contributed by atoms with van der Waals surface area (Å²) in [7, 11) is 0. The second-order valence-electron chi connectivity index (χ2n) is 7.66. The van der Waals surface area contributed by atoms with E-state index < -0.39 is 0 Å². The number of carbonyl (C=O) groups is 1. The number of carbonyl (C=O) groups excluding carboxylic acids is 1. The van der Waals surface area contributed by atoms with Crippen LogP contribution in [0.3, 0.4) is 0 Å². The van der Waals surface area contributed by atoms with Gasteiger partial charge in [0.05, 0.1) is 0 Å². The smallest absolute Gasteiger partial charge is 0.260 e. The zero-order chi connectivity index (χ0) is 22.5. The van der Waals surface area contributed by atoms with Gasteiger partial charge in [-0.25, -0.2) is 4.98 Å². The van der Waals surface area contributed by atoms with Crippen LogP contribution in [0.5, 0.6) is 5.75 Å². The molecule has 0 saturated carbocycles. The highest BCUT2D eigenvalue weighted by atomic mass is 16.5. The minimum atomic E-state index is -0.0239. The van der Waals surface area contributed by atoms with E-state index in [4.69, 9.17) is 9.26 Å². The van der Waals surface area contributed by atoms with Crippen molar-refractivity contribution in [1.29, 1.82) is 0 Å². The molecule has 2 aromatic heterocycles. The summed E-state index contributed by atoms with van der Waals surface area (Å²) >= 11 is 0. The van der Waals surface area contributed by atoms with Gasteiger partial charge < -0.3 is 19.1 Å². The van der Waals surface area contributed by atoms with Gasteiger partial charge in [0.1, 0.15) is 11.6 Å². The zero-order valence-corrected chi connectivity index (χ0v) is 18.0. The molecule has 3 heterocycles. The molecular formula is C25H23N5O3. The third-order valence-electron chi connectivity index (χ3n) is 5.53. The number of anilines is 1. The molecule has 166 valence electrons. The van der Waals surface area contributed by atoms with Crippen LogP contribution in [0.25, 0.3) is 22.8 Å². The Morgan fingerprint density at radius 1 is 0.879 bits per heavy atom. The number of hydrogen-bond acceptors (Lipinski definition) is 7. The lowest BCUT2D eigenvalue weighted by Crippen LogP contribution is -2.50. The van der Waals surface area contributed by atoms with Crippen molar-refractivity contribution in [2.45, 2.75) is 0 Å². The van der Waals surface area contributed by atoms with E-state index in [-0.39, 0.29) is 12.5 Å². The molecule has 0 atom stereocenters. The highest BCUT2D eigenvalue weighted by Crippen LogP contribution is 2.24. The summed E-state index contributed by atoms with van der Waals surface area (Å²) in [5.74, 6) is 2.51. The molecule has 1 aliphatic rings. The molecule has 0 unspecified atom stereocenters. The number of aromatic nitrogens is 3. The summed E-state index contributed by atoms with van der Waals surface area (Å²) < 4.78 is 11.1. The SMILES string of the molecule is O=C(COc1ccc(-c2nc(-c3ccccc3)no2)cc1)N1CCN(c2ccccn2)CC1. The second-order valence-corrected chi connectivity index (χ2v) is 7.66. The Hall–Kier alpha value is -4.20. The first kappa shape index (κ1) is 20.7. The summed E-state index contributed by atoms with van der Waals surface area (Å²) in [6.07, 6.45) is 1.78. The first-order chi connectivity index (χ1) is 16.3. The Morgan fingerprint density at radius 2 is 1.64 bits per heavy atom. The molecule has 1 saturated heterocycles. The lowest BCUT2D eigenvalue weighted by molar-refractivity contribution is -0.133. The Morgan fingerprint density at radius 3 is 2.36 bits per heavy atom. The molecule has 0 spiro atoms. The number of amides is 1. The van der Waals surface area contributed by atoms with E-state index in [1.54, 1.807) is 18.3 Å². The number of nitrogens with zero attached hydrogens (tertiary/aromatic N) is 5. The van der Waals surface area contributed by atoms with Crippen LogP contribution in [0.2, 0.25) is 0 Å². The lowest BCUT2D eigenvalue weighted by atomic mass is 10.2. The van der Waals surface area contributed by atoms with E-state index >= 15 is 0 Å². The van der Waals surface area contributed by atoms with Crippen LogP contribution < -0.4 is 9.64 Å². The van der Waals surface area contributed by atoms with Gasteiger partial charge >= 0.3 is 0 Å². The average Bonchev–Trinajstić information content (AvgIpc) is 3.39. The molecule has 8 heteroatoms. The lowest BCUT2D eigenvalue weighted by Gasteiger charge is -2.35. The fraction of sp³-hybridized carbons (Fsp3) is 0.200. The van der Waals surface area contributed by atoms with Gasteiger partial charge in [-0.1, -0.05) is 41.6 Å². The Labute approximate surface area is 191 Å². The van der Waals surface area contributed by atoms with Gasteiger partial charge in [-0.2, -0.15) is 4.98 Å². The monoisotopic (exact) mass is 441 g/mol. The maximum absolute atomic E-state index is 12.6. The van der Waals surface area contributed by atoms with E-state index in [0.29, 0.717) is 30.6 Å². The maximum atomic E-state index is 12.6. The predicted octanol–water partition coefficient (Wildman–Crippen LogP) is 3.53.